The van der Waals surface area contributed by atoms with Gasteiger partial charge in [-0.3, -0.25) is 4.79 Å². The number of hydrogen-bond donors (Lipinski definition) is 2. The Morgan fingerprint density at radius 3 is 2.80 bits per heavy atom. The van der Waals surface area contributed by atoms with Gasteiger partial charge < -0.3 is 19.9 Å². The summed E-state index contributed by atoms with van der Waals surface area (Å²) in [4.78, 5) is 12.4. The van der Waals surface area contributed by atoms with Crippen LogP contribution in [-0.4, -0.2) is 43.5 Å². The Balaban J connectivity index is 2.18. The lowest BCUT2D eigenvalue weighted by Crippen LogP contribution is -2.54. The first-order chi connectivity index (χ1) is 9.60. The number of carbonyl (C=O) groups is 1. The molecule has 1 amide bonds. The van der Waals surface area contributed by atoms with E-state index in [9.17, 15) is 9.90 Å². The van der Waals surface area contributed by atoms with E-state index in [1.54, 1.807) is 18.2 Å². The summed E-state index contributed by atoms with van der Waals surface area (Å²) in [6.45, 7) is 0.984. The zero-order valence-corrected chi connectivity index (χ0v) is 12.9. The molecule has 1 fully saturated rings. The molecule has 2 rings (SSSR count). The number of ether oxygens (including phenoxy) is 2. The van der Waals surface area contributed by atoms with Crippen LogP contribution in [0.5, 0.6) is 5.75 Å². The first-order valence-electron chi connectivity index (χ1n) is 6.45. The van der Waals surface area contributed by atoms with Crippen LogP contribution < -0.4 is 10.1 Å². The van der Waals surface area contributed by atoms with E-state index in [-0.39, 0.29) is 12.5 Å². The molecule has 0 bridgehead atoms. The molecule has 2 N–H and O–H groups in total. The Bertz CT molecular complexity index is 486. The van der Waals surface area contributed by atoms with Gasteiger partial charge in [-0.25, -0.2) is 0 Å². The molecule has 110 valence electrons. The Kier molecular flexibility index (Phi) is 5.01. The van der Waals surface area contributed by atoms with Crippen LogP contribution in [0.1, 0.15) is 23.2 Å². The van der Waals surface area contributed by atoms with Crippen molar-refractivity contribution in [3.05, 3.63) is 28.2 Å². The molecular weight excluding hydrogens is 326 g/mol. The number of methoxy groups -OCH3 is 1. The highest BCUT2D eigenvalue weighted by Gasteiger charge is 2.34. The molecule has 0 atom stereocenters. The summed E-state index contributed by atoms with van der Waals surface area (Å²) >= 11 is 3.34. The molecule has 0 aliphatic carbocycles. The fourth-order valence-electron chi connectivity index (χ4n) is 2.25. The van der Waals surface area contributed by atoms with Gasteiger partial charge in [-0.1, -0.05) is 15.9 Å². The highest BCUT2D eigenvalue weighted by Crippen LogP contribution is 2.26. The first-order valence-corrected chi connectivity index (χ1v) is 7.24. The molecule has 20 heavy (non-hydrogen) atoms. The summed E-state index contributed by atoms with van der Waals surface area (Å²) in [6.07, 6.45) is 1.21. The van der Waals surface area contributed by atoms with Crippen molar-refractivity contribution in [3.8, 4) is 5.75 Å². The van der Waals surface area contributed by atoms with Crippen molar-refractivity contribution in [2.24, 2.45) is 0 Å². The van der Waals surface area contributed by atoms with Gasteiger partial charge in [-0.2, -0.15) is 0 Å². The van der Waals surface area contributed by atoms with Crippen molar-refractivity contribution in [3.63, 3.8) is 0 Å². The third kappa shape index (κ3) is 3.31. The number of hydrogen-bond acceptors (Lipinski definition) is 4. The minimum absolute atomic E-state index is 0.0963. The summed E-state index contributed by atoms with van der Waals surface area (Å²) in [5.74, 6) is 0.252. The molecule has 1 aromatic carbocycles. The zero-order chi connectivity index (χ0) is 14.6. The number of aliphatic hydroxyl groups is 1. The first kappa shape index (κ1) is 15.3. The molecule has 0 spiro atoms. The van der Waals surface area contributed by atoms with Gasteiger partial charge in [-0.05, 0) is 31.0 Å². The van der Waals surface area contributed by atoms with E-state index in [1.165, 1.54) is 7.11 Å². The van der Waals surface area contributed by atoms with Crippen molar-refractivity contribution in [2.75, 3.05) is 26.9 Å². The molecular formula is C14H18BrNO4. The third-order valence-electron chi connectivity index (χ3n) is 3.54. The Morgan fingerprint density at radius 1 is 1.50 bits per heavy atom. The Hall–Kier alpha value is -1.11. The molecule has 0 aromatic heterocycles. The van der Waals surface area contributed by atoms with E-state index >= 15 is 0 Å². The standard InChI is InChI=1S/C14H18BrNO4/c1-19-12-8-10(15)2-3-11(12)13(18)16-14(9-17)4-6-20-7-5-14/h2-3,8,17H,4-7,9H2,1H3,(H,16,18). The normalized spacial score (nSPS) is 17.6. The minimum atomic E-state index is -0.604. The second kappa shape index (κ2) is 6.56. The highest BCUT2D eigenvalue weighted by atomic mass is 79.9. The van der Waals surface area contributed by atoms with Gasteiger partial charge in [0, 0.05) is 17.7 Å². The molecule has 5 nitrogen and oxygen atoms in total. The fraction of sp³-hybridized carbons (Fsp3) is 0.500. The maximum absolute atomic E-state index is 12.4. The second-order valence-corrected chi connectivity index (χ2v) is 5.77. The summed E-state index contributed by atoms with van der Waals surface area (Å²) in [6, 6.07) is 5.22. The Morgan fingerprint density at radius 2 is 2.20 bits per heavy atom. The van der Waals surface area contributed by atoms with Crippen LogP contribution in [-0.2, 0) is 4.74 Å². The molecule has 0 radical (unpaired) electrons. The molecule has 1 aliphatic rings. The van der Waals surface area contributed by atoms with Crippen molar-refractivity contribution < 1.29 is 19.4 Å². The van der Waals surface area contributed by atoms with Crippen LogP contribution in [0.3, 0.4) is 0 Å². The lowest BCUT2D eigenvalue weighted by Gasteiger charge is -2.36. The van der Waals surface area contributed by atoms with Gasteiger partial charge in [0.15, 0.2) is 0 Å². The summed E-state index contributed by atoms with van der Waals surface area (Å²) in [7, 11) is 1.52. The number of rotatable bonds is 4. The summed E-state index contributed by atoms with van der Waals surface area (Å²) < 4.78 is 11.3. The molecule has 6 heteroatoms. The van der Waals surface area contributed by atoms with E-state index in [0.29, 0.717) is 37.4 Å². The average molecular weight is 344 g/mol. The molecule has 0 unspecified atom stereocenters. The van der Waals surface area contributed by atoms with Crippen molar-refractivity contribution in [2.45, 2.75) is 18.4 Å². The Labute approximate surface area is 126 Å². The number of carbonyl (C=O) groups excluding carboxylic acids is 1. The van der Waals surface area contributed by atoms with E-state index < -0.39 is 5.54 Å². The van der Waals surface area contributed by atoms with Crippen LogP contribution >= 0.6 is 15.9 Å². The van der Waals surface area contributed by atoms with Crippen molar-refractivity contribution >= 4 is 21.8 Å². The minimum Gasteiger partial charge on any atom is -0.496 e. The maximum atomic E-state index is 12.4. The zero-order valence-electron chi connectivity index (χ0n) is 11.3. The molecule has 1 aliphatic heterocycles. The molecule has 1 aromatic rings. The highest BCUT2D eigenvalue weighted by molar-refractivity contribution is 9.10. The van der Waals surface area contributed by atoms with Crippen LogP contribution in [0.2, 0.25) is 0 Å². The fourth-order valence-corrected chi connectivity index (χ4v) is 2.59. The maximum Gasteiger partial charge on any atom is 0.255 e. The van der Waals surface area contributed by atoms with E-state index in [1.807, 2.05) is 0 Å². The largest absolute Gasteiger partial charge is 0.496 e. The van der Waals surface area contributed by atoms with Crippen LogP contribution in [0.4, 0.5) is 0 Å². The SMILES string of the molecule is COc1cc(Br)ccc1C(=O)NC1(CO)CCOCC1. The number of amides is 1. The van der Waals surface area contributed by atoms with Gasteiger partial charge in [0.05, 0.1) is 24.8 Å². The van der Waals surface area contributed by atoms with Crippen LogP contribution in [0.15, 0.2) is 22.7 Å². The van der Waals surface area contributed by atoms with Crippen molar-refractivity contribution in [1.29, 1.82) is 0 Å². The average Bonchev–Trinajstić information content (AvgIpc) is 2.47. The summed E-state index contributed by atoms with van der Waals surface area (Å²) in [5, 5.41) is 12.5. The molecule has 1 heterocycles. The van der Waals surface area contributed by atoms with Crippen molar-refractivity contribution in [1.82, 2.24) is 5.32 Å². The van der Waals surface area contributed by atoms with Gasteiger partial charge >= 0.3 is 0 Å². The number of nitrogens with one attached hydrogen (secondary N) is 1. The predicted octanol–water partition coefficient (Wildman–Crippen LogP) is 1.73. The molecule has 1 saturated heterocycles. The van der Waals surface area contributed by atoms with Gasteiger partial charge in [0.2, 0.25) is 0 Å². The van der Waals surface area contributed by atoms with Crippen LogP contribution in [0, 0.1) is 0 Å². The topological polar surface area (TPSA) is 67.8 Å². The summed E-state index contributed by atoms with van der Waals surface area (Å²) in [5.41, 5.74) is -0.150. The van der Waals surface area contributed by atoms with Crippen LogP contribution in [0.25, 0.3) is 0 Å². The third-order valence-corrected chi connectivity index (χ3v) is 4.03. The number of halogens is 1. The predicted molar refractivity (Wildman–Crippen MR) is 78.0 cm³/mol. The van der Waals surface area contributed by atoms with E-state index in [0.717, 1.165) is 4.47 Å². The quantitative estimate of drug-likeness (QED) is 0.873. The van der Waals surface area contributed by atoms with E-state index in [4.69, 9.17) is 9.47 Å². The number of aliphatic hydroxyl groups excluding tert-OH is 1. The van der Waals surface area contributed by atoms with Gasteiger partial charge in [0.25, 0.3) is 5.91 Å². The lowest BCUT2D eigenvalue weighted by molar-refractivity contribution is 0.0125. The molecule has 0 saturated carbocycles. The van der Waals surface area contributed by atoms with Gasteiger partial charge in [0.1, 0.15) is 5.75 Å². The number of benzene rings is 1. The monoisotopic (exact) mass is 343 g/mol. The van der Waals surface area contributed by atoms with E-state index in [2.05, 4.69) is 21.2 Å². The lowest BCUT2D eigenvalue weighted by atomic mass is 9.90. The second-order valence-electron chi connectivity index (χ2n) is 4.85. The van der Waals surface area contributed by atoms with Gasteiger partial charge in [-0.15, -0.1) is 0 Å². The smallest absolute Gasteiger partial charge is 0.255 e.